The van der Waals surface area contributed by atoms with Crippen LogP contribution in [0.25, 0.3) is 22.4 Å². The molecule has 0 saturated carbocycles. The van der Waals surface area contributed by atoms with E-state index in [4.69, 9.17) is 4.52 Å². The highest BCUT2D eigenvalue weighted by atomic mass is 19.1. The topological polar surface area (TPSA) is 64.2 Å². The molecule has 6 nitrogen and oxygen atoms in total. The summed E-state index contributed by atoms with van der Waals surface area (Å²) in [7, 11) is 0. The number of fused-ring (bicyclic) bond motifs is 2. The first kappa shape index (κ1) is 20.4. The number of aryl methyl sites for hydroxylation is 1. The Balaban J connectivity index is 1.52. The molecule has 34 heavy (non-hydrogen) atoms. The average Bonchev–Trinajstić information content (AvgIpc) is 3.50. The molecular formula is C27H21FN4O2. The van der Waals surface area contributed by atoms with Gasteiger partial charge in [0.25, 0.3) is 11.6 Å². The molecule has 3 aromatic heterocycles. The number of carbonyl (C=O) groups excluding carboxylic acids is 1. The number of halogens is 1. The van der Waals surface area contributed by atoms with E-state index >= 15 is 0 Å². The Bertz CT molecular complexity index is 1520. The maximum Gasteiger partial charge on any atom is 0.259 e. The first-order valence-electron chi connectivity index (χ1n) is 11.1. The Labute approximate surface area is 195 Å². The Morgan fingerprint density at radius 3 is 2.65 bits per heavy atom. The van der Waals surface area contributed by atoms with Crippen molar-refractivity contribution in [2.24, 2.45) is 0 Å². The molecule has 4 heterocycles. The summed E-state index contributed by atoms with van der Waals surface area (Å²) in [6.45, 7) is 3.00. The molecular weight excluding hydrogens is 431 g/mol. The number of amides is 1. The molecule has 0 unspecified atom stereocenters. The predicted molar refractivity (Wildman–Crippen MR) is 126 cm³/mol. The van der Waals surface area contributed by atoms with Gasteiger partial charge in [-0.15, -0.1) is 0 Å². The van der Waals surface area contributed by atoms with Crippen LogP contribution < -0.4 is 0 Å². The molecule has 0 aliphatic carbocycles. The van der Waals surface area contributed by atoms with E-state index in [1.54, 1.807) is 31.2 Å². The van der Waals surface area contributed by atoms with E-state index in [9.17, 15) is 9.18 Å². The van der Waals surface area contributed by atoms with Crippen LogP contribution in [0.4, 0.5) is 4.39 Å². The van der Waals surface area contributed by atoms with Gasteiger partial charge in [0, 0.05) is 30.5 Å². The van der Waals surface area contributed by atoms with Gasteiger partial charge in [0.2, 0.25) is 0 Å². The van der Waals surface area contributed by atoms with Gasteiger partial charge in [0.05, 0.1) is 28.4 Å². The van der Waals surface area contributed by atoms with Crippen LogP contribution in [0.2, 0.25) is 0 Å². The maximum absolute atomic E-state index is 14.6. The van der Waals surface area contributed by atoms with Crippen molar-refractivity contribution < 1.29 is 13.7 Å². The molecule has 0 N–H and O–H groups in total. The van der Waals surface area contributed by atoms with Crippen LogP contribution in [-0.2, 0) is 6.54 Å². The van der Waals surface area contributed by atoms with Gasteiger partial charge in [-0.1, -0.05) is 47.6 Å². The molecule has 5 aromatic rings. The fourth-order valence-electron chi connectivity index (χ4n) is 4.81. The molecule has 0 radical (unpaired) electrons. The lowest BCUT2D eigenvalue weighted by atomic mass is 9.97. The van der Waals surface area contributed by atoms with Crippen LogP contribution in [0.5, 0.6) is 0 Å². The number of rotatable bonds is 3. The highest BCUT2D eigenvalue weighted by molar-refractivity contribution is 6.07. The van der Waals surface area contributed by atoms with Crippen molar-refractivity contribution >= 4 is 17.0 Å². The van der Waals surface area contributed by atoms with Gasteiger partial charge in [0.15, 0.2) is 0 Å². The average molecular weight is 452 g/mol. The van der Waals surface area contributed by atoms with Crippen molar-refractivity contribution in [1.29, 1.82) is 0 Å². The fourth-order valence-corrected chi connectivity index (χ4v) is 4.81. The monoisotopic (exact) mass is 452 g/mol. The van der Waals surface area contributed by atoms with E-state index in [0.717, 1.165) is 11.3 Å². The minimum Gasteiger partial charge on any atom is -0.348 e. The zero-order chi connectivity index (χ0) is 23.2. The highest BCUT2D eigenvalue weighted by Gasteiger charge is 2.34. The number of benzene rings is 2. The largest absolute Gasteiger partial charge is 0.348 e. The molecule has 0 fully saturated rings. The van der Waals surface area contributed by atoms with Crippen molar-refractivity contribution in [2.75, 3.05) is 6.54 Å². The van der Waals surface area contributed by atoms with Gasteiger partial charge in [0.1, 0.15) is 5.82 Å². The van der Waals surface area contributed by atoms with Crippen LogP contribution in [-0.4, -0.2) is 32.1 Å². The number of hydrogen-bond acceptors (Lipinski definition) is 4. The summed E-state index contributed by atoms with van der Waals surface area (Å²) >= 11 is 0. The smallest absolute Gasteiger partial charge is 0.259 e. The molecule has 0 bridgehead atoms. The summed E-state index contributed by atoms with van der Waals surface area (Å²) in [6, 6.07) is 21.8. The first-order chi connectivity index (χ1) is 16.6. The van der Waals surface area contributed by atoms with Gasteiger partial charge in [-0.25, -0.2) is 9.37 Å². The first-order valence-corrected chi connectivity index (χ1v) is 11.1. The Kier molecular flexibility index (Phi) is 4.76. The van der Waals surface area contributed by atoms with Crippen LogP contribution in [0.1, 0.15) is 33.4 Å². The van der Waals surface area contributed by atoms with E-state index in [1.807, 2.05) is 47.5 Å². The van der Waals surface area contributed by atoms with Gasteiger partial charge < -0.3 is 14.0 Å². The lowest BCUT2D eigenvalue weighted by Gasteiger charge is -2.37. The highest BCUT2D eigenvalue weighted by Crippen LogP contribution is 2.36. The predicted octanol–water partition coefficient (Wildman–Crippen LogP) is 5.38. The molecule has 6 rings (SSSR count). The normalized spacial score (nSPS) is 15.5. The number of carbonyl (C=O) groups is 1. The quantitative estimate of drug-likeness (QED) is 0.369. The molecule has 168 valence electrons. The van der Waals surface area contributed by atoms with Crippen molar-refractivity contribution in [2.45, 2.75) is 19.5 Å². The van der Waals surface area contributed by atoms with E-state index in [2.05, 4.69) is 20.8 Å². The van der Waals surface area contributed by atoms with Gasteiger partial charge in [-0.05, 0) is 42.8 Å². The second-order valence-electron chi connectivity index (χ2n) is 8.42. The minimum absolute atomic E-state index is 0.169. The van der Waals surface area contributed by atoms with Gasteiger partial charge in [-0.2, -0.15) is 0 Å². The van der Waals surface area contributed by atoms with E-state index in [1.165, 1.54) is 6.07 Å². The number of pyridine rings is 1. The second-order valence-corrected chi connectivity index (χ2v) is 8.42. The summed E-state index contributed by atoms with van der Waals surface area (Å²) in [6.07, 6.45) is 2.04. The zero-order valence-electron chi connectivity index (χ0n) is 18.5. The standard InChI is InChI=1S/C27H21FN4O2/c1-17-24-20(16-22(29-26(24)34-30-17)19-10-5-6-11-21(19)28)27(33)32-15-14-31-13-7-12-23(31)25(32)18-8-3-2-4-9-18/h2-13,16,25H,14-15H2,1H3/t25-/m0/s1. The summed E-state index contributed by atoms with van der Waals surface area (Å²) in [4.78, 5) is 20.5. The zero-order valence-corrected chi connectivity index (χ0v) is 18.5. The molecule has 2 aromatic carbocycles. The number of nitrogens with zero attached hydrogens (tertiary/aromatic N) is 4. The Morgan fingerprint density at radius 1 is 1.03 bits per heavy atom. The summed E-state index contributed by atoms with van der Waals surface area (Å²) in [5, 5.41) is 4.59. The third-order valence-corrected chi connectivity index (χ3v) is 6.41. The van der Waals surface area contributed by atoms with Crippen molar-refractivity contribution in [3.63, 3.8) is 0 Å². The molecule has 1 aliphatic rings. The number of aromatic nitrogens is 3. The molecule has 0 saturated heterocycles. The summed E-state index contributed by atoms with van der Waals surface area (Å²) in [5.74, 6) is -0.584. The van der Waals surface area contributed by atoms with E-state index in [0.29, 0.717) is 41.0 Å². The molecule has 1 amide bonds. The lowest BCUT2D eigenvalue weighted by molar-refractivity contribution is 0.0666. The van der Waals surface area contributed by atoms with Crippen LogP contribution >= 0.6 is 0 Å². The Morgan fingerprint density at radius 2 is 1.82 bits per heavy atom. The van der Waals surface area contributed by atoms with Gasteiger partial charge >= 0.3 is 0 Å². The van der Waals surface area contributed by atoms with Crippen molar-refractivity contribution in [3.05, 3.63) is 107 Å². The third kappa shape index (κ3) is 3.20. The Hall–Kier alpha value is -4.26. The summed E-state index contributed by atoms with van der Waals surface area (Å²) < 4.78 is 22.2. The third-order valence-electron chi connectivity index (χ3n) is 6.41. The minimum atomic E-state index is -0.415. The molecule has 1 aliphatic heterocycles. The maximum atomic E-state index is 14.6. The second kappa shape index (κ2) is 7.95. The van der Waals surface area contributed by atoms with Crippen molar-refractivity contribution in [3.8, 4) is 11.3 Å². The van der Waals surface area contributed by atoms with Crippen molar-refractivity contribution in [1.82, 2.24) is 19.6 Å². The van der Waals surface area contributed by atoms with Gasteiger partial charge in [-0.3, -0.25) is 4.79 Å². The number of hydrogen-bond donors (Lipinski definition) is 0. The lowest BCUT2D eigenvalue weighted by Crippen LogP contribution is -2.42. The van der Waals surface area contributed by atoms with E-state index < -0.39 is 5.82 Å². The van der Waals surface area contributed by atoms with Crippen LogP contribution in [0.3, 0.4) is 0 Å². The van der Waals surface area contributed by atoms with E-state index in [-0.39, 0.29) is 17.7 Å². The molecule has 0 spiro atoms. The SMILES string of the molecule is Cc1noc2nc(-c3ccccc3F)cc(C(=O)N3CCn4cccc4[C@@H]3c3ccccc3)c12. The fraction of sp³-hybridized carbons (Fsp3) is 0.148. The molecule has 1 atom stereocenters. The van der Waals surface area contributed by atoms with Crippen LogP contribution in [0.15, 0.2) is 83.5 Å². The molecule has 7 heteroatoms. The summed E-state index contributed by atoms with van der Waals surface area (Å²) in [5.41, 5.74) is 3.91. The van der Waals surface area contributed by atoms with Crippen LogP contribution in [0, 0.1) is 12.7 Å².